The number of halogens is 1. The zero-order valence-electron chi connectivity index (χ0n) is 9.26. The molecule has 0 N–H and O–H groups in total. The molecule has 3 rings (SSSR count). The Balaban J connectivity index is 2.24. The van der Waals surface area contributed by atoms with Crippen molar-refractivity contribution in [2.24, 2.45) is 0 Å². The zero-order valence-corrected chi connectivity index (χ0v) is 9.26. The molecule has 0 radical (unpaired) electrons. The Bertz CT molecular complexity index is 763. The average molecular weight is 241 g/mol. The lowest BCUT2D eigenvalue weighted by Gasteiger charge is -2.02. The highest BCUT2D eigenvalue weighted by atomic mass is 19.1. The first-order valence-corrected chi connectivity index (χ1v) is 5.38. The topological polar surface area (TPSA) is 43.1 Å². The number of pyridine rings is 1. The standard InChI is InChI=1S/C14H8FNO2/c15-11-3-1-9(2-4-11)13-7-10-5-6-16-8-12(10)14(17)18-13/h1-8H. The smallest absolute Gasteiger partial charge is 0.345 e. The summed E-state index contributed by atoms with van der Waals surface area (Å²) in [4.78, 5) is 15.6. The average Bonchev–Trinajstić information content (AvgIpc) is 2.39. The van der Waals surface area contributed by atoms with Crippen molar-refractivity contribution in [3.63, 3.8) is 0 Å². The monoisotopic (exact) mass is 241 g/mol. The fourth-order valence-electron chi connectivity index (χ4n) is 1.78. The van der Waals surface area contributed by atoms with Crippen LogP contribution in [0.5, 0.6) is 0 Å². The van der Waals surface area contributed by atoms with Crippen molar-refractivity contribution in [1.29, 1.82) is 0 Å². The first-order chi connectivity index (χ1) is 8.74. The third-order valence-electron chi connectivity index (χ3n) is 2.69. The molecule has 1 aromatic carbocycles. The lowest BCUT2D eigenvalue weighted by Crippen LogP contribution is -2.00. The van der Waals surface area contributed by atoms with Crippen molar-refractivity contribution in [3.8, 4) is 11.3 Å². The van der Waals surface area contributed by atoms with Gasteiger partial charge in [0.2, 0.25) is 0 Å². The molecule has 4 heteroatoms. The quantitative estimate of drug-likeness (QED) is 0.657. The van der Waals surface area contributed by atoms with E-state index in [4.69, 9.17) is 4.42 Å². The van der Waals surface area contributed by atoms with Crippen LogP contribution in [0.15, 0.2) is 58.0 Å². The Labute approximate surface area is 102 Å². The Morgan fingerprint density at radius 2 is 1.89 bits per heavy atom. The lowest BCUT2D eigenvalue weighted by atomic mass is 10.1. The molecule has 0 aliphatic carbocycles. The Kier molecular flexibility index (Phi) is 2.41. The van der Waals surface area contributed by atoms with Crippen LogP contribution in [-0.4, -0.2) is 4.98 Å². The predicted octanol–water partition coefficient (Wildman–Crippen LogP) is 2.99. The number of hydrogen-bond acceptors (Lipinski definition) is 3. The summed E-state index contributed by atoms with van der Waals surface area (Å²) in [5.74, 6) is 0.0878. The van der Waals surface area contributed by atoms with Crippen molar-refractivity contribution >= 4 is 10.8 Å². The zero-order chi connectivity index (χ0) is 12.5. The van der Waals surface area contributed by atoms with Crippen LogP contribution in [0, 0.1) is 5.82 Å². The maximum Gasteiger partial charge on any atom is 0.345 e. The van der Waals surface area contributed by atoms with Gasteiger partial charge in [-0.1, -0.05) is 0 Å². The minimum absolute atomic E-state index is 0.328. The fourth-order valence-corrected chi connectivity index (χ4v) is 1.78. The van der Waals surface area contributed by atoms with Gasteiger partial charge in [-0.05, 0) is 41.8 Å². The molecule has 0 amide bonds. The van der Waals surface area contributed by atoms with E-state index in [1.54, 1.807) is 30.5 Å². The molecule has 3 nitrogen and oxygen atoms in total. The van der Waals surface area contributed by atoms with E-state index in [0.29, 0.717) is 16.7 Å². The fraction of sp³-hybridized carbons (Fsp3) is 0. The van der Waals surface area contributed by atoms with Crippen LogP contribution >= 0.6 is 0 Å². The third kappa shape index (κ3) is 1.78. The summed E-state index contributed by atoms with van der Waals surface area (Å²) in [6.07, 6.45) is 3.08. The second-order valence-corrected chi connectivity index (χ2v) is 3.87. The van der Waals surface area contributed by atoms with E-state index in [2.05, 4.69) is 4.98 Å². The summed E-state index contributed by atoms with van der Waals surface area (Å²) in [7, 11) is 0. The van der Waals surface area contributed by atoms with Crippen LogP contribution in [0.25, 0.3) is 22.1 Å². The maximum absolute atomic E-state index is 12.8. The van der Waals surface area contributed by atoms with Crippen LogP contribution < -0.4 is 5.63 Å². The molecule has 0 atom stereocenters. The van der Waals surface area contributed by atoms with Crippen molar-refractivity contribution in [1.82, 2.24) is 4.98 Å². The van der Waals surface area contributed by atoms with Gasteiger partial charge in [0.25, 0.3) is 0 Å². The maximum atomic E-state index is 12.8. The number of nitrogens with zero attached hydrogens (tertiary/aromatic N) is 1. The second-order valence-electron chi connectivity index (χ2n) is 3.87. The van der Waals surface area contributed by atoms with E-state index >= 15 is 0 Å². The molecular formula is C14H8FNO2. The number of rotatable bonds is 1. The molecule has 0 unspecified atom stereocenters. The molecule has 3 aromatic rings. The Morgan fingerprint density at radius 1 is 1.11 bits per heavy atom. The highest BCUT2D eigenvalue weighted by Crippen LogP contribution is 2.21. The van der Waals surface area contributed by atoms with Crippen molar-refractivity contribution in [2.75, 3.05) is 0 Å². The highest BCUT2D eigenvalue weighted by Gasteiger charge is 2.06. The van der Waals surface area contributed by atoms with Gasteiger partial charge in [0.1, 0.15) is 11.6 Å². The lowest BCUT2D eigenvalue weighted by molar-refractivity contribution is 0.534. The van der Waals surface area contributed by atoms with Crippen molar-refractivity contribution < 1.29 is 8.81 Å². The van der Waals surface area contributed by atoms with Gasteiger partial charge in [-0.25, -0.2) is 9.18 Å². The minimum Gasteiger partial charge on any atom is -0.422 e. The van der Waals surface area contributed by atoms with Gasteiger partial charge < -0.3 is 4.42 Å². The molecule has 2 aromatic heterocycles. The van der Waals surface area contributed by atoms with E-state index in [1.165, 1.54) is 18.3 Å². The second kappa shape index (κ2) is 4.07. The third-order valence-corrected chi connectivity index (χ3v) is 2.69. The molecule has 0 saturated carbocycles. The van der Waals surface area contributed by atoms with Crippen molar-refractivity contribution in [3.05, 3.63) is 65.0 Å². The molecule has 0 saturated heterocycles. The molecule has 0 fully saturated rings. The van der Waals surface area contributed by atoms with E-state index in [9.17, 15) is 9.18 Å². The van der Waals surface area contributed by atoms with E-state index in [1.807, 2.05) is 0 Å². The Morgan fingerprint density at radius 3 is 2.67 bits per heavy atom. The first kappa shape index (κ1) is 10.7. The van der Waals surface area contributed by atoms with Gasteiger partial charge in [0.15, 0.2) is 0 Å². The predicted molar refractivity (Wildman–Crippen MR) is 65.7 cm³/mol. The summed E-state index contributed by atoms with van der Waals surface area (Å²) in [6, 6.07) is 9.27. The van der Waals surface area contributed by atoms with Crippen LogP contribution in [0.4, 0.5) is 4.39 Å². The normalized spacial score (nSPS) is 10.7. The van der Waals surface area contributed by atoms with Gasteiger partial charge in [-0.3, -0.25) is 4.98 Å². The van der Waals surface area contributed by atoms with Crippen LogP contribution in [0.2, 0.25) is 0 Å². The molecule has 18 heavy (non-hydrogen) atoms. The minimum atomic E-state index is -0.445. The molecule has 88 valence electrons. The SMILES string of the molecule is O=c1oc(-c2ccc(F)cc2)cc2ccncc12. The largest absolute Gasteiger partial charge is 0.422 e. The molecule has 0 spiro atoms. The summed E-state index contributed by atoms with van der Waals surface area (Å²) < 4.78 is 18.0. The van der Waals surface area contributed by atoms with E-state index in [0.717, 1.165) is 5.39 Å². The van der Waals surface area contributed by atoms with E-state index < -0.39 is 5.63 Å². The molecule has 0 bridgehead atoms. The van der Waals surface area contributed by atoms with Gasteiger partial charge >= 0.3 is 5.63 Å². The van der Waals surface area contributed by atoms with Gasteiger partial charge in [-0.2, -0.15) is 0 Å². The van der Waals surface area contributed by atoms with Gasteiger partial charge in [0.05, 0.1) is 5.39 Å². The van der Waals surface area contributed by atoms with Crippen LogP contribution in [-0.2, 0) is 0 Å². The van der Waals surface area contributed by atoms with Crippen LogP contribution in [0.1, 0.15) is 0 Å². The number of fused-ring (bicyclic) bond motifs is 1. The summed E-state index contributed by atoms with van der Waals surface area (Å²) in [6.45, 7) is 0. The number of aromatic nitrogens is 1. The van der Waals surface area contributed by atoms with Gasteiger partial charge in [-0.15, -0.1) is 0 Å². The first-order valence-electron chi connectivity index (χ1n) is 5.38. The number of hydrogen-bond donors (Lipinski definition) is 0. The van der Waals surface area contributed by atoms with Crippen LogP contribution in [0.3, 0.4) is 0 Å². The van der Waals surface area contributed by atoms with Gasteiger partial charge in [0, 0.05) is 18.0 Å². The van der Waals surface area contributed by atoms with E-state index in [-0.39, 0.29) is 5.82 Å². The molecule has 0 aliphatic rings. The molecule has 0 aliphatic heterocycles. The number of benzene rings is 1. The van der Waals surface area contributed by atoms with Crippen molar-refractivity contribution in [2.45, 2.75) is 0 Å². The molecule has 2 heterocycles. The summed E-state index contributed by atoms with van der Waals surface area (Å²) >= 11 is 0. The highest BCUT2D eigenvalue weighted by molar-refractivity contribution is 5.83. The Hall–Kier alpha value is -2.49. The summed E-state index contributed by atoms with van der Waals surface area (Å²) in [5, 5.41) is 1.18. The molecular weight excluding hydrogens is 233 g/mol. The summed E-state index contributed by atoms with van der Waals surface area (Å²) in [5.41, 5.74) is 0.215.